The van der Waals surface area contributed by atoms with Crippen molar-refractivity contribution in [1.29, 1.82) is 0 Å². The van der Waals surface area contributed by atoms with Crippen LogP contribution in [0.25, 0.3) is 0 Å². The highest BCUT2D eigenvalue weighted by molar-refractivity contribution is 6.01. The molecule has 1 saturated carbocycles. The normalized spacial score (nSPS) is 23.2. The summed E-state index contributed by atoms with van der Waals surface area (Å²) in [6.45, 7) is 7.16. The van der Waals surface area contributed by atoms with Crippen molar-refractivity contribution >= 4 is 23.6 Å². The molecule has 0 unspecified atom stereocenters. The van der Waals surface area contributed by atoms with Gasteiger partial charge in [-0.15, -0.1) is 0 Å². The zero-order chi connectivity index (χ0) is 25.6. The number of hydrogen-bond donors (Lipinski definition) is 2. The van der Waals surface area contributed by atoms with Gasteiger partial charge in [-0.2, -0.15) is 13.2 Å². The lowest BCUT2D eigenvalue weighted by atomic mass is 9.67. The van der Waals surface area contributed by atoms with Crippen LogP contribution in [0.4, 0.5) is 17.6 Å². The zero-order valence-electron chi connectivity index (χ0n) is 19.0. The van der Waals surface area contributed by atoms with E-state index < -0.39 is 28.9 Å². The molecule has 33 heavy (non-hydrogen) atoms. The molecule has 182 valence electrons. The standard InChI is InChI=1S/C20H26FN3O2.C2HF3O2/c1-18(2)16(26)24(5)17(22)23-20(18,4)13-10-12(6-7-14(13)21)11-15(25)19(3)8-9-19;3-2(4,5)1(6)7/h6-7,10H,8-9,11H2,1-5H3,(H2,22,23);(H,6,7)/t20-;/m1./s1. The monoisotopic (exact) mass is 473 g/mol. The Kier molecular flexibility index (Phi) is 6.70. The third-order valence-electron chi connectivity index (χ3n) is 6.57. The number of carbonyl (C=O) groups excluding carboxylic acids is 2. The second-order valence-electron chi connectivity index (χ2n) is 9.31. The molecule has 1 aromatic rings. The molecule has 1 aliphatic carbocycles. The highest BCUT2D eigenvalue weighted by Gasteiger charge is 2.54. The number of nitrogens with zero attached hydrogens (tertiary/aromatic N) is 2. The molecule has 11 heteroatoms. The van der Waals surface area contributed by atoms with E-state index in [2.05, 4.69) is 4.99 Å². The lowest BCUT2D eigenvalue weighted by molar-refractivity contribution is -0.192. The van der Waals surface area contributed by atoms with E-state index in [1.165, 1.54) is 11.0 Å². The number of ketones is 1. The lowest BCUT2D eigenvalue weighted by Gasteiger charge is -2.46. The largest absolute Gasteiger partial charge is 0.490 e. The highest BCUT2D eigenvalue weighted by atomic mass is 19.4. The van der Waals surface area contributed by atoms with E-state index in [1.807, 2.05) is 6.92 Å². The zero-order valence-corrected chi connectivity index (χ0v) is 19.0. The number of halogens is 4. The van der Waals surface area contributed by atoms with Gasteiger partial charge in [0.15, 0.2) is 5.96 Å². The predicted molar refractivity (Wildman–Crippen MR) is 112 cm³/mol. The smallest absolute Gasteiger partial charge is 0.475 e. The van der Waals surface area contributed by atoms with E-state index in [9.17, 15) is 27.2 Å². The van der Waals surface area contributed by atoms with Crippen molar-refractivity contribution in [3.8, 4) is 0 Å². The van der Waals surface area contributed by atoms with Crippen LogP contribution in [0, 0.1) is 16.6 Å². The van der Waals surface area contributed by atoms with Crippen molar-refractivity contribution in [2.75, 3.05) is 7.05 Å². The van der Waals surface area contributed by atoms with Crippen molar-refractivity contribution < 1.29 is 37.1 Å². The summed E-state index contributed by atoms with van der Waals surface area (Å²) in [5.41, 5.74) is 4.56. The van der Waals surface area contributed by atoms with Gasteiger partial charge in [-0.05, 0) is 51.3 Å². The number of guanidine groups is 1. The fourth-order valence-corrected chi connectivity index (χ4v) is 3.49. The topological polar surface area (TPSA) is 113 Å². The molecule has 0 bridgehead atoms. The van der Waals surface area contributed by atoms with E-state index in [0.717, 1.165) is 18.4 Å². The van der Waals surface area contributed by atoms with E-state index in [-0.39, 0.29) is 35.0 Å². The van der Waals surface area contributed by atoms with Crippen LogP contribution in [-0.2, 0) is 26.3 Å². The Bertz CT molecular complexity index is 1020. The Morgan fingerprint density at radius 3 is 2.15 bits per heavy atom. The Labute approximate surface area is 188 Å². The SMILES string of the molecule is CN1C(=O)C(C)(C)[C@@](C)(c2cc(CC(=O)C3(C)CC3)ccc2F)N=C1N.O=C(O)C(F)(F)F. The average molecular weight is 473 g/mol. The number of alkyl halides is 3. The fraction of sp³-hybridized carbons (Fsp3) is 0.545. The van der Waals surface area contributed by atoms with E-state index in [0.29, 0.717) is 0 Å². The number of carboxylic acids is 1. The summed E-state index contributed by atoms with van der Waals surface area (Å²) in [5.74, 6) is -3.21. The number of nitrogens with two attached hydrogens (primary N) is 1. The number of amides is 1. The molecular formula is C22H27F4N3O4. The Morgan fingerprint density at radius 2 is 1.70 bits per heavy atom. The van der Waals surface area contributed by atoms with E-state index in [4.69, 9.17) is 15.6 Å². The summed E-state index contributed by atoms with van der Waals surface area (Å²) in [4.78, 5) is 39.8. The minimum absolute atomic E-state index is 0.0585. The number of hydrogen-bond acceptors (Lipinski definition) is 5. The highest BCUT2D eigenvalue weighted by Crippen LogP contribution is 2.48. The second kappa shape index (κ2) is 8.42. The molecule has 1 fully saturated rings. The minimum atomic E-state index is -5.08. The molecule has 0 radical (unpaired) electrons. The molecule has 1 heterocycles. The molecule has 7 nitrogen and oxygen atoms in total. The van der Waals surface area contributed by atoms with Crippen LogP contribution < -0.4 is 5.73 Å². The molecule has 0 spiro atoms. The molecule has 0 aromatic heterocycles. The summed E-state index contributed by atoms with van der Waals surface area (Å²) < 4.78 is 46.5. The van der Waals surface area contributed by atoms with Crippen molar-refractivity contribution in [2.24, 2.45) is 21.6 Å². The fourth-order valence-electron chi connectivity index (χ4n) is 3.49. The molecule has 1 atom stereocenters. The Hall–Kier alpha value is -2.98. The summed E-state index contributed by atoms with van der Waals surface area (Å²) in [6.07, 6.45) is -3.01. The number of Topliss-reactive ketones (excluding diaryl/α,β-unsaturated/α-hetero) is 1. The Balaban J connectivity index is 0.000000479. The van der Waals surface area contributed by atoms with Gasteiger partial charge >= 0.3 is 12.1 Å². The van der Waals surface area contributed by atoms with Crippen molar-refractivity contribution in [3.05, 3.63) is 35.1 Å². The first-order chi connectivity index (χ1) is 14.9. The van der Waals surface area contributed by atoms with Crippen LogP contribution in [0.3, 0.4) is 0 Å². The van der Waals surface area contributed by atoms with Crippen molar-refractivity contribution in [2.45, 2.75) is 58.7 Å². The van der Waals surface area contributed by atoms with Crippen molar-refractivity contribution in [3.63, 3.8) is 0 Å². The second-order valence-corrected chi connectivity index (χ2v) is 9.31. The van der Waals surface area contributed by atoms with Crippen LogP contribution in [0.1, 0.15) is 51.7 Å². The van der Waals surface area contributed by atoms with Gasteiger partial charge in [-0.25, -0.2) is 14.2 Å². The number of carboxylic acid groups (broad SMARTS) is 1. The minimum Gasteiger partial charge on any atom is -0.475 e. The maximum Gasteiger partial charge on any atom is 0.490 e. The molecule has 3 N–H and O–H groups in total. The lowest BCUT2D eigenvalue weighted by Crippen LogP contribution is -2.58. The third kappa shape index (κ3) is 5.01. The maximum absolute atomic E-state index is 14.8. The Morgan fingerprint density at radius 1 is 1.18 bits per heavy atom. The molecule has 3 rings (SSSR count). The molecule has 0 saturated heterocycles. The van der Waals surface area contributed by atoms with Crippen LogP contribution in [0.5, 0.6) is 0 Å². The van der Waals surface area contributed by atoms with Crippen LogP contribution >= 0.6 is 0 Å². The van der Waals surface area contributed by atoms with Gasteiger partial charge in [0.2, 0.25) is 5.91 Å². The van der Waals surface area contributed by atoms with Crippen LogP contribution in [0.15, 0.2) is 23.2 Å². The van der Waals surface area contributed by atoms with Gasteiger partial charge in [-0.1, -0.05) is 13.0 Å². The summed E-state index contributed by atoms with van der Waals surface area (Å²) in [7, 11) is 1.56. The van der Waals surface area contributed by atoms with Gasteiger partial charge in [0.25, 0.3) is 0 Å². The third-order valence-corrected chi connectivity index (χ3v) is 6.57. The van der Waals surface area contributed by atoms with Crippen LogP contribution in [-0.4, -0.2) is 46.8 Å². The van der Waals surface area contributed by atoms with Crippen LogP contribution in [0.2, 0.25) is 0 Å². The number of carbonyl (C=O) groups is 3. The molecule has 2 aliphatic rings. The maximum atomic E-state index is 14.8. The first-order valence-corrected chi connectivity index (χ1v) is 10.1. The van der Waals surface area contributed by atoms with Gasteiger partial charge in [0.05, 0.1) is 5.41 Å². The summed E-state index contributed by atoms with van der Waals surface area (Å²) >= 11 is 0. The average Bonchev–Trinajstić information content (AvgIpc) is 3.45. The predicted octanol–water partition coefficient (Wildman–Crippen LogP) is 3.40. The molecular weight excluding hydrogens is 446 g/mol. The molecule has 1 aromatic carbocycles. The van der Waals surface area contributed by atoms with Crippen molar-refractivity contribution in [1.82, 2.24) is 4.90 Å². The van der Waals surface area contributed by atoms with Gasteiger partial charge in [0, 0.05) is 24.4 Å². The first kappa shape index (κ1) is 26.3. The van der Waals surface area contributed by atoms with Gasteiger partial charge in [0.1, 0.15) is 17.1 Å². The van der Waals surface area contributed by atoms with Gasteiger partial charge < -0.3 is 10.8 Å². The number of aliphatic imine (C=N–C) groups is 1. The number of benzene rings is 1. The quantitative estimate of drug-likeness (QED) is 0.651. The molecule has 1 amide bonds. The van der Waals surface area contributed by atoms with E-state index >= 15 is 0 Å². The first-order valence-electron chi connectivity index (χ1n) is 10.1. The number of aliphatic carboxylic acids is 1. The van der Waals surface area contributed by atoms with Gasteiger partial charge in [-0.3, -0.25) is 14.5 Å². The van der Waals surface area contributed by atoms with E-state index in [1.54, 1.807) is 40.0 Å². The summed E-state index contributed by atoms with van der Waals surface area (Å²) in [6, 6.07) is 4.64. The summed E-state index contributed by atoms with van der Waals surface area (Å²) in [5, 5.41) is 7.12. The number of rotatable bonds is 4. The molecule has 1 aliphatic heterocycles.